The molecule has 0 aliphatic carbocycles. The van der Waals surface area contributed by atoms with Gasteiger partial charge in [0.15, 0.2) is 35.4 Å². The molecule has 7 rings (SSSR count). The van der Waals surface area contributed by atoms with Crippen LogP contribution in [0.4, 0.5) is 11.6 Å². The van der Waals surface area contributed by atoms with Crippen molar-refractivity contribution < 1.29 is 47.2 Å². The van der Waals surface area contributed by atoms with Crippen molar-refractivity contribution in [2.24, 2.45) is 0 Å². The summed E-state index contributed by atoms with van der Waals surface area (Å²) < 4.78 is 51.5. The molecule has 3 saturated heterocycles. The van der Waals surface area contributed by atoms with Crippen LogP contribution in [-0.4, -0.2) is 104 Å². The van der Waals surface area contributed by atoms with Crippen molar-refractivity contribution in [2.45, 2.75) is 49.1 Å². The number of fused-ring (bicyclic) bond motifs is 5. The van der Waals surface area contributed by atoms with E-state index in [-0.39, 0.29) is 44.8 Å². The molecule has 4 aromatic heterocycles. The molecule has 0 aromatic carbocycles. The summed E-state index contributed by atoms with van der Waals surface area (Å²) >= 11 is 5.24. The van der Waals surface area contributed by atoms with E-state index in [1.54, 1.807) is 0 Å². The van der Waals surface area contributed by atoms with Crippen LogP contribution in [0.2, 0.25) is 0 Å². The molecule has 3 aliphatic heterocycles. The van der Waals surface area contributed by atoms with Crippen LogP contribution >= 0.6 is 24.3 Å². The first-order valence-electron chi connectivity index (χ1n) is 13.0. The van der Waals surface area contributed by atoms with E-state index in [4.69, 9.17) is 56.5 Å². The average molecular weight is 703 g/mol. The molecule has 7 N–H and O–H groups in total. The third-order valence-electron chi connectivity index (χ3n) is 7.38. The van der Waals surface area contributed by atoms with Crippen molar-refractivity contribution in [3.63, 3.8) is 0 Å². The first-order chi connectivity index (χ1) is 21.5. The van der Waals surface area contributed by atoms with Crippen molar-refractivity contribution >= 4 is 70.1 Å². The summed E-state index contributed by atoms with van der Waals surface area (Å²) in [5.74, 6) is 0.190. The number of rotatable bonds is 2. The van der Waals surface area contributed by atoms with Crippen molar-refractivity contribution in [3.05, 3.63) is 25.3 Å². The van der Waals surface area contributed by atoms with E-state index in [1.807, 2.05) is 0 Å². The number of nitrogens with two attached hydrogens (primary N) is 2. The van der Waals surface area contributed by atoms with Gasteiger partial charge in [-0.15, -0.1) is 0 Å². The number of nitrogen functional groups attached to an aromatic ring is 2. The van der Waals surface area contributed by atoms with Gasteiger partial charge in [0, 0.05) is 0 Å². The fourth-order valence-electron chi connectivity index (χ4n) is 5.27. The molecule has 20 nitrogen and oxygen atoms in total. The number of ether oxygens (including phenoxy) is 2. The maximum atomic E-state index is 13.9. The van der Waals surface area contributed by atoms with Gasteiger partial charge in [0.25, 0.3) is 0 Å². The van der Waals surface area contributed by atoms with Crippen LogP contribution < -0.4 is 11.5 Å². The molecule has 45 heavy (non-hydrogen) atoms. The lowest BCUT2D eigenvalue weighted by atomic mass is 10.1. The average Bonchev–Trinajstić information content (AvgIpc) is 3.77. The van der Waals surface area contributed by atoms with Crippen LogP contribution in [-0.2, 0) is 43.9 Å². The molecule has 7 heterocycles. The summed E-state index contributed by atoms with van der Waals surface area (Å²) in [6.07, 6.45) is -5.54. The smallest absolute Gasteiger partial charge is 0.387 e. The Balaban J connectivity index is 1.22. The van der Waals surface area contributed by atoms with Crippen LogP contribution in [0.3, 0.4) is 0 Å². The minimum absolute atomic E-state index is 0.0904. The predicted molar refractivity (Wildman–Crippen MR) is 158 cm³/mol. The van der Waals surface area contributed by atoms with E-state index in [0.29, 0.717) is 0 Å². The van der Waals surface area contributed by atoms with E-state index >= 15 is 0 Å². The molecule has 4 aromatic rings. The zero-order chi connectivity index (χ0) is 31.7. The van der Waals surface area contributed by atoms with Gasteiger partial charge in [0.1, 0.15) is 60.3 Å². The molecule has 0 saturated carbocycles. The molecular formula is C21H24N10O10P2S2. The molecular weight excluding hydrogens is 678 g/mol. The van der Waals surface area contributed by atoms with Gasteiger partial charge in [-0.3, -0.25) is 22.7 Å². The Morgan fingerprint density at radius 3 is 2.04 bits per heavy atom. The number of hydrogen-bond acceptors (Lipinski definition) is 18. The van der Waals surface area contributed by atoms with Crippen molar-refractivity contribution in [1.82, 2.24) is 39.0 Å². The van der Waals surface area contributed by atoms with Gasteiger partial charge >= 0.3 is 13.5 Å². The predicted octanol–water partition coefficient (Wildman–Crippen LogP) is -0.189. The number of imidazole rings is 2. The Bertz CT molecular complexity index is 1930. The summed E-state index contributed by atoms with van der Waals surface area (Å²) in [6, 6.07) is 0. The molecule has 2 bridgehead atoms. The van der Waals surface area contributed by atoms with Gasteiger partial charge in [-0.05, 0) is 22.6 Å². The van der Waals surface area contributed by atoms with Crippen LogP contribution in [0.15, 0.2) is 25.3 Å². The quantitative estimate of drug-likeness (QED) is 0.169. The highest BCUT2D eigenvalue weighted by atomic mass is 32.7. The lowest BCUT2D eigenvalue weighted by molar-refractivity contribution is -0.0588. The number of hydrogen-bond donors (Lipinski definition) is 5. The SMILES string of the molecule is C#S[P@]1(=O)OC[C@H]2O[C@@H](n3cnc4c(N)ncnc43)[C@H](O)[C@@H]2OP(O)(=S)OC[C@H]2O[C@@H](n3cnc4c(N)ncnc43)[C@H](O1)[C@@H]2O. The third kappa shape index (κ3) is 5.41. The summed E-state index contributed by atoms with van der Waals surface area (Å²) in [6.45, 7) is -9.52. The van der Waals surface area contributed by atoms with Crippen LogP contribution in [0.25, 0.3) is 22.3 Å². The maximum absolute atomic E-state index is 13.9. The Kier molecular flexibility index (Phi) is 7.87. The summed E-state index contributed by atoms with van der Waals surface area (Å²) in [4.78, 5) is 35.6. The summed E-state index contributed by atoms with van der Waals surface area (Å²) in [5, 5.41) is 22.5. The van der Waals surface area contributed by atoms with Crippen molar-refractivity contribution in [3.8, 4) is 5.69 Å². The van der Waals surface area contributed by atoms with Gasteiger partial charge in [-0.25, -0.2) is 34.5 Å². The molecule has 0 amide bonds. The standard InChI is InChI=1S/C21H24N10O10P2S2/c1-45-43(35)37-3-9-14(13(33)20(39-9)30-6-28-10-16(22)24-4-26-18(10)30)40-42(34,44)36-2-8-12(32)15(41-43)21(38-8)31-7-29-11-17(23)25-5-27-19(11)31/h1,4-9,12-15,20-21,32-33H,2-3H2,(H,34,44)(H2,22,24,26)(H2,23,25,27)/t8-,9-,12-,13-,14-,15-,20-,21-,42?,43-/m1/s1. The fourth-order valence-corrected chi connectivity index (χ4v) is 8.56. The van der Waals surface area contributed by atoms with Gasteiger partial charge in [0.05, 0.1) is 25.9 Å². The highest BCUT2D eigenvalue weighted by Crippen LogP contribution is 2.59. The highest BCUT2D eigenvalue weighted by molar-refractivity contribution is 8.48. The zero-order valence-corrected chi connectivity index (χ0v) is 26.0. The number of nitrogens with zero attached hydrogens (tertiary/aromatic N) is 8. The molecule has 1 unspecified atom stereocenters. The lowest BCUT2D eigenvalue weighted by Crippen LogP contribution is -2.36. The maximum Gasteiger partial charge on any atom is 0.418 e. The monoisotopic (exact) mass is 702 g/mol. The van der Waals surface area contributed by atoms with E-state index in [0.717, 1.165) is 0 Å². The van der Waals surface area contributed by atoms with Crippen LogP contribution in [0, 0.1) is 5.69 Å². The van der Waals surface area contributed by atoms with E-state index in [9.17, 15) is 19.7 Å². The third-order valence-corrected chi connectivity index (χ3v) is 11.5. The number of anilines is 2. The van der Waals surface area contributed by atoms with E-state index in [2.05, 4.69) is 29.9 Å². The van der Waals surface area contributed by atoms with Gasteiger partial charge in [-0.1, -0.05) is 5.69 Å². The van der Waals surface area contributed by atoms with Gasteiger partial charge in [-0.2, -0.15) is 0 Å². The topological polar surface area (TPSA) is 272 Å². The Morgan fingerprint density at radius 1 is 0.844 bits per heavy atom. The largest absolute Gasteiger partial charge is 0.418 e. The molecule has 0 spiro atoms. The minimum atomic E-state index is -4.31. The number of aliphatic hydroxyl groups is 2. The summed E-state index contributed by atoms with van der Waals surface area (Å²) in [5.41, 5.74) is 18.5. The lowest BCUT2D eigenvalue weighted by Gasteiger charge is -2.27. The zero-order valence-electron chi connectivity index (χ0n) is 22.6. The van der Waals surface area contributed by atoms with Crippen LogP contribution in [0.5, 0.6) is 0 Å². The number of aromatic nitrogens is 8. The summed E-state index contributed by atoms with van der Waals surface area (Å²) in [7, 11) is 0.260. The van der Waals surface area contributed by atoms with E-state index < -0.39 is 75.8 Å². The minimum Gasteiger partial charge on any atom is -0.387 e. The second kappa shape index (κ2) is 11.5. The van der Waals surface area contributed by atoms with Crippen molar-refractivity contribution in [2.75, 3.05) is 24.7 Å². The Hall–Kier alpha value is -2.78. The second-order valence-electron chi connectivity index (χ2n) is 10.0. The molecule has 240 valence electrons. The fraction of sp³-hybridized carbons (Fsp3) is 0.476. The van der Waals surface area contributed by atoms with Gasteiger partial charge < -0.3 is 40.6 Å². The van der Waals surface area contributed by atoms with E-state index in [1.165, 1.54) is 34.4 Å². The van der Waals surface area contributed by atoms with Gasteiger partial charge in [0.2, 0.25) is 0 Å². The first-order valence-corrected chi connectivity index (χ1v) is 18.6. The Morgan fingerprint density at radius 2 is 1.42 bits per heavy atom. The second-order valence-corrected chi connectivity index (χ2v) is 16.4. The Labute approximate surface area is 260 Å². The molecule has 0 radical (unpaired) electrons. The normalized spacial score (nSPS) is 37.6. The molecule has 3 aliphatic rings. The highest BCUT2D eigenvalue weighted by Gasteiger charge is 2.53. The van der Waals surface area contributed by atoms with Crippen LogP contribution in [0.1, 0.15) is 12.5 Å². The van der Waals surface area contributed by atoms with Crippen molar-refractivity contribution in [1.29, 1.82) is 0 Å². The molecule has 24 heteroatoms. The number of aliphatic hydroxyl groups excluding tert-OH is 2. The molecule has 3 fully saturated rings. The first kappa shape index (κ1) is 30.9. The molecule has 10 atom stereocenters.